The monoisotopic (exact) mass is 230 g/mol. The number of hydrogen-bond donors (Lipinski definition) is 1. The molecule has 2 rings (SSSR count). The Morgan fingerprint density at radius 2 is 2.12 bits per heavy atom. The molecule has 3 heteroatoms. The molecule has 1 heterocycles. The van der Waals surface area contributed by atoms with Crippen molar-refractivity contribution in [3.63, 3.8) is 0 Å². The SMILES string of the molecule is COc1cc(C)ccc1NCc1cccn1C. The first-order valence-corrected chi connectivity index (χ1v) is 5.69. The summed E-state index contributed by atoms with van der Waals surface area (Å²) in [6.45, 7) is 2.85. The van der Waals surface area contributed by atoms with Gasteiger partial charge in [-0.2, -0.15) is 0 Å². The summed E-state index contributed by atoms with van der Waals surface area (Å²) in [7, 11) is 3.74. The van der Waals surface area contributed by atoms with E-state index in [9.17, 15) is 0 Å². The Hall–Kier alpha value is -1.90. The van der Waals surface area contributed by atoms with E-state index in [1.54, 1.807) is 7.11 Å². The first kappa shape index (κ1) is 11.6. The Labute approximate surface area is 102 Å². The topological polar surface area (TPSA) is 26.2 Å². The molecule has 0 atom stereocenters. The third-order valence-corrected chi connectivity index (χ3v) is 2.87. The van der Waals surface area contributed by atoms with Crippen molar-refractivity contribution in [3.8, 4) is 5.75 Å². The molecule has 1 aromatic carbocycles. The number of methoxy groups -OCH3 is 1. The van der Waals surface area contributed by atoms with Crippen molar-refractivity contribution >= 4 is 5.69 Å². The standard InChI is InChI=1S/C14H18N2O/c1-11-6-7-13(14(9-11)17-3)15-10-12-5-4-8-16(12)2/h4-9,15H,10H2,1-3H3. The number of rotatable bonds is 4. The number of nitrogens with one attached hydrogen (secondary N) is 1. The van der Waals surface area contributed by atoms with Crippen LogP contribution in [0.25, 0.3) is 0 Å². The Balaban J connectivity index is 2.11. The van der Waals surface area contributed by atoms with Crippen molar-refractivity contribution < 1.29 is 4.74 Å². The van der Waals surface area contributed by atoms with Crippen molar-refractivity contribution in [2.75, 3.05) is 12.4 Å². The third-order valence-electron chi connectivity index (χ3n) is 2.87. The van der Waals surface area contributed by atoms with Crippen molar-refractivity contribution in [1.82, 2.24) is 4.57 Å². The maximum absolute atomic E-state index is 5.36. The molecule has 0 saturated carbocycles. The first-order chi connectivity index (χ1) is 8.20. The molecule has 0 aliphatic rings. The van der Waals surface area contributed by atoms with Crippen LogP contribution in [-0.4, -0.2) is 11.7 Å². The third kappa shape index (κ3) is 2.61. The van der Waals surface area contributed by atoms with Crippen LogP contribution in [0.2, 0.25) is 0 Å². The van der Waals surface area contributed by atoms with E-state index in [0.29, 0.717) is 0 Å². The van der Waals surface area contributed by atoms with Crippen LogP contribution in [0.1, 0.15) is 11.3 Å². The van der Waals surface area contributed by atoms with Crippen LogP contribution < -0.4 is 10.1 Å². The normalized spacial score (nSPS) is 10.3. The minimum absolute atomic E-state index is 0.795. The van der Waals surface area contributed by atoms with Gasteiger partial charge in [-0.25, -0.2) is 0 Å². The highest BCUT2D eigenvalue weighted by molar-refractivity contribution is 5.57. The summed E-state index contributed by atoms with van der Waals surface area (Å²) in [5.41, 5.74) is 3.47. The molecule has 1 N–H and O–H groups in total. The first-order valence-electron chi connectivity index (χ1n) is 5.69. The predicted octanol–water partition coefficient (Wildman–Crippen LogP) is 2.95. The summed E-state index contributed by atoms with van der Waals surface area (Å²) in [6.07, 6.45) is 2.05. The summed E-state index contributed by atoms with van der Waals surface area (Å²) in [6, 6.07) is 10.3. The van der Waals surface area contributed by atoms with Gasteiger partial charge >= 0.3 is 0 Å². The fraction of sp³-hybridized carbons (Fsp3) is 0.286. The average Bonchev–Trinajstić information content (AvgIpc) is 2.73. The number of anilines is 1. The minimum atomic E-state index is 0.795. The Bertz CT molecular complexity index is 503. The zero-order valence-corrected chi connectivity index (χ0v) is 10.5. The molecule has 17 heavy (non-hydrogen) atoms. The maximum atomic E-state index is 5.36. The van der Waals surface area contributed by atoms with Gasteiger partial charge in [0, 0.05) is 18.9 Å². The highest BCUT2D eigenvalue weighted by Gasteiger charge is 2.03. The van der Waals surface area contributed by atoms with Crippen LogP contribution >= 0.6 is 0 Å². The summed E-state index contributed by atoms with van der Waals surface area (Å²) < 4.78 is 7.46. The lowest BCUT2D eigenvalue weighted by Crippen LogP contribution is -2.05. The quantitative estimate of drug-likeness (QED) is 0.874. The van der Waals surface area contributed by atoms with Gasteiger partial charge in [-0.3, -0.25) is 0 Å². The van der Waals surface area contributed by atoms with E-state index in [2.05, 4.69) is 35.0 Å². The molecule has 0 fully saturated rings. The van der Waals surface area contributed by atoms with Gasteiger partial charge in [-0.05, 0) is 36.8 Å². The van der Waals surface area contributed by atoms with Gasteiger partial charge in [0.1, 0.15) is 5.75 Å². The zero-order chi connectivity index (χ0) is 12.3. The Morgan fingerprint density at radius 3 is 2.76 bits per heavy atom. The molecule has 0 bridgehead atoms. The number of aryl methyl sites for hydroxylation is 2. The van der Waals surface area contributed by atoms with Crippen LogP contribution in [-0.2, 0) is 13.6 Å². The second kappa shape index (κ2) is 4.95. The van der Waals surface area contributed by atoms with Crippen LogP contribution in [0.15, 0.2) is 36.5 Å². The van der Waals surface area contributed by atoms with Crippen LogP contribution in [0.3, 0.4) is 0 Å². The van der Waals surface area contributed by atoms with Gasteiger partial charge in [0.15, 0.2) is 0 Å². The summed E-state index contributed by atoms with van der Waals surface area (Å²) in [5, 5.41) is 3.39. The van der Waals surface area contributed by atoms with E-state index in [1.165, 1.54) is 11.3 Å². The van der Waals surface area contributed by atoms with Gasteiger partial charge in [-0.15, -0.1) is 0 Å². The van der Waals surface area contributed by atoms with Gasteiger partial charge in [0.2, 0.25) is 0 Å². The minimum Gasteiger partial charge on any atom is -0.495 e. The van der Waals surface area contributed by atoms with Crippen molar-refractivity contribution in [3.05, 3.63) is 47.8 Å². The molecule has 0 spiro atoms. The number of nitrogens with zero attached hydrogens (tertiary/aromatic N) is 1. The largest absolute Gasteiger partial charge is 0.495 e. The molecule has 0 amide bonds. The fourth-order valence-electron chi connectivity index (χ4n) is 1.81. The second-order valence-corrected chi connectivity index (χ2v) is 4.17. The molecule has 3 nitrogen and oxygen atoms in total. The molecule has 2 aromatic rings. The second-order valence-electron chi connectivity index (χ2n) is 4.17. The molecule has 0 unspecified atom stereocenters. The van der Waals surface area contributed by atoms with Crippen molar-refractivity contribution in [2.45, 2.75) is 13.5 Å². The average molecular weight is 230 g/mol. The molecule has 1 aromatic heterocycles. The summed E-state index contributed by atoms with van der Waals surface area (Å²) in [5.74, 6) is 0.888. The van der Waals surface area contributed by atoms with Gasteiger partial charge in [0.25, 0.3) is 0 Å². The highest BCUT2D eigenvalue weighted by atomic mass is 16.5. The number of benzene rings is 1. The zero-order valence-electron chi connectivity index (χ0n) is 10.5. The summed E-state index contributed by atoms with van der Waals surface area (Å²) >= 11 is 0. The number of aromatic nitrogens is 1. The molecule has 0 radical (unpaired) electrons. The van der Waals surface area contributed by atoms with Crippen LogP contribution in [0, 0.1) is 6.92 Å². The molecule has 90 valence electrons. The predicted molar refractivity (Wildman–Crippen MR) is 70.5 cm³/mol. The van der Waals surface area contributed by atoms with E-state index >= 15 is 0 Å². The van der Waals surface area contributed by atoms with E-state index in [-0.39, 0.29) is 0 Å². The Kier molecular flexibility index (Phi) is 3.38. The van der Waals surface area contributed by atoms with Crippen LogP contribution in [0.5, 0.6) is 5.75 Å². The summed E-state index contributed by atoms with van der Waals surface area (Å²) in [4.78, 5) is 0. The molecule has 0 saturated heterocycles. The lowest BCUT2D eigenvalue weighted by atomic mass is 10.2. The van der Waals surface area contributed by atoms with Gasteiger partial charge in [-0.1, -0.05) is 6.07 Å². The smallest absolute Gasteiger partial charge is 0.142 e. The van der Waals surface area contributed by atoms with E-state index in [0.717, 1.165) is 18.0 Å². The molecular formula is C14H18N2O. The molecular weight excluding hydrogens is 212 g/mol. The van der Waals surface area contributed by atoms with E-state index < -0.39 is 0 Å². The maximum Gasteiger partial charge on any atom is 0.142 e. The van der Waals surface area contributed by atoms with Gasteiger partial charge < -0.3 is 14.6 Å². The van der Waals surface area contributed by atoms with Crippen LogP contribution in [0.4, 0.5) is 5.69 Å². The van der Waals surface area contributed by atoms with Gasteiger partial charge in [0.05, 0.1) is 19.3 Å². The van der Waals surface area contributed by atoms with E-state index in [4.69, 9.17) is 4.74 Å². The Morgan fingerprint density at radius 1 is 1.29 bits per heavy atom. The lowest BCUT2D eigenvalue weighted by molar-refractivity contribution is 0.416. The number of hydrogen-bond acceptors (Lipinski definition) is 2. The van der Waals surface area contributed by atoms with Crippen molar-refractivity contribution in [2.24, 2.45) is 7.05 Å². The van der Waals surface area contributed by atoms with E-state index in [1.807, 2.05) is 25.4 Å². The molecule has 0 aliphatic heterocycles. The fourth-order valence-corrected chi connectivity index (χ4v) is 1.81. The molecule has 0 aliphatic carbocycles. The van der Waals surface area contributed by atoms with Crippen molar-refractivity contribution in [1.29, 1.82) is 0 Å². The number of ether oxygens (including phenoxy) is 1. The highest BCUT2D eigenvalue weighted by Crippen LogP contribution is 2.25. The lowest BCUT2D eigenvalue weighted by Gasteiger charge is -2.12.